The first-order valence-electron chi connectivity index (χ1n) is 6.73. The van der Waals surface area contributed by atoms with E-state index in [1.54, 1.807) is 0 Å². The van der Waals surface area contributed by atoms with Crippen molar-refractivity contribution in [1.29, 1.82) is 0 Å². The van der Waals surface area contributed by atoms with Crippen LogP contribution in [0.5, 0.6) is 0 Å². The van der Waals surface area contributed by atoms with Gasteiger partial charge in [-0.15, -0.1) is 0 Å². The Balaban J connectivity index is 1.76. The number of fused-ring (bicyclic) bond motifs is 1. The number of morpholine rings is 1. The molecule has 2 fully saturated rings. The highest BCUT2D eigenvalue weighted by atomic mass is 16.5. The molecule has 1 heterocycles. The number of rotatable bonds is 4. The van der Waals surface area contributed by atoms with Gasteiger partial charge in [0.05, 0.1) is 19.8 Å². The predicted octanol–water partition coefficient (Wildman–Crippen LogP) is 1.58. The van der Waals surface area contributed by atoms with Crippen LogP contribution in [0.4, 0.5) is 0 Å². The molecular weight excluding hydrogens is 218 g/mol. The average Bonchev–Trinajstić information content (AvgIpc) is 2.39. The summed E-state index contributed by atoms with van der Waals surface area (Å²) in [5.74, 6) is -0.0987. The molecule has 1 saturated carbocycles. The molecule has 2 aliphatic rings. The van der Waals surface area contributed by atoms with E-state index in [0.717, 1.165) is 26.1 Å². The van der Waals surface area contributed by atoms with Crippen LogP contribution in [0.25, 0.3) is 0 Å². The van der Waals surface area contributed by atoms with Crippen LogP contribution in [0.3, 0.4) is 0 Å². The minimum atomic E-state index is -0.0987. The minimum absolute atomic E-state index is 0.0987. The van der Waals surface area contributed by atoms with Crippen LogP contribution >= 0.6 is 0 Å². The van der Waals surface area contributed by atoms with E-state index in [9.17, 15) is 4.79 Å². The normalized spacial score (nSPS) is 29.7. The van der Waals surface area contributed by atoms with Gasteiger partial charge in [-0.2, -0.15) is 0 Å². The molecule has 0 N–H and O–H groups in total. The van der Waals surface area contributed by atoms with Gasteiger partial charge >= 0.3 is 5.97 Å². The Hall–Kier alpha value is -0.610. The number of esters is 1. The quantitative estimate of drug-likeness (QED) is 0.701. The molecule has 1 aliphatic heterocycles. The fraction of sp³-hybridized carbons (Fsp3) is 0.923. The van der Waals surface area contributed by atoms with Crippen molar-refractivity contribution in [3.8, 4) is 0 Å². The summed E-state index contributed by atoms with van der Waals surface area (Å²) < 4.78 is 10.5. The first kappa shape index (κ1) is 12.8. The zero-order valence-electron chi connectivity index (χ0n) is 10.7. The molecule has 0 bridgehead atoms. The lowest BCUT2D eigenvalue weighted by molar-refractivity contribution is -0.141. The number of carbonyl (C=O) groups is 1. The first-order valence-corrected chi connectivity index (χ1v) is 6.73. The van der Waals surface area contributed by atoms with Crippen LogP contribution in [-0.4, -0.2) is 49.8 Å². The maximum absolute atomic E-state index is 11.1. The highest BCUT2D eigenvalue weighted by Gasteiger charge is 2.33. The number of methoxy groups -OCH3 is 1. The Morgan fingerprint density at radius 1 is 1.41 bits per heavy atom. The summed E-state index contributed by atoms with van der Waals surface area (Å²) in [6, 6.07) is 0.593. The molecule has 0 aromatic heterocycles. The molecule has 0 spiro atoms. The molecule has 4 heteroatoms. The summed E-state index contributed by atoms with van der Waals surface area (Å²) in [6.07, 6.45) is 6.95. The Bertz CT molecular complexity index is 255. The van der Waals surface area contributed by atoms with E-state index in [2.05, 4.69) is 9.64 Å². The van der Waals surface area contributed by atoms with Crippen LogP contribution in [0.2, 0.25) is 0 Å². The van der Waals surface area contributed by atoms with Gasteiger partial charge < -0.3 is 9.47 Å². The monoisotopic (exact) mass is 241 g/mol. The summed E-state index contributed by atoms with van der Waals surface area (Å²) in [5.41, 5.74) is 0. The number of carbonyl (C=O) groups excluding carboxylic acids is 1. The van der Waals surface area contributed by atoms with Gasteiger partial charge in [-0.25, -0.2) is 0 Å². The second kappa shape index (κ2) is 6.36. The molecule has 0 aromatic carbocycles. The van der Waals surface area contributed by atoms with Crippen molar-refractivity contribution in [2.45, 2.75) is 50.7 Å². The number of hydrogen-bond acceptors (Lipinski definition) is 4. The van der Waals surface area contributed by atoms with Gasteiger partial charge in [0.1, 0.15) is 0 Å². The molecule has 0 amide bonds. The van der Waals surface area contributed by atoms with Crippen molar-refractivity contribution in [1.82, 2.24) is 4.90 Å². The highest BCUT2D eigenvalue weighted by molar-refractivity contribution is 5.69. The fourth-order valence-corrected chi connectivity index (χ4v) is 2.98. The van der Waals surface area contributed by atoms with E-state index in [4.69, 9.17) is 4.74 Å². The summed E-state index contributed by atoms with van der Waals surface area (Å²) in [5, 5.41) is 0. The maximum atomic E-state index is 11.1. The summed E-state index contributed by atoms with van der Waals surface area (Å²) in [4.78, 5) is 13.6. The van der Waals surface area contributed by atoms with Gasteiger partial charge in [0.25, 0.3) is 0 Å². The van der Waals surface area contributed by atoms with E-state index < -0.39 is 0 Å². The molecule has 0 radical (unpaired) electrons. The van der Waals surface area contributed by atoms with Gasteiger partial charge in [-0.1, -0.05) is 12.8 Å². The molecule has 1 saturated heterocycles. The lowest BCUT2D eigenvalue weighted by Crippen LogP contribution is -2.52. The van der Waals surface area contributed by atoms with Crippen LogP contribution in [0.1, 0.15) is 38.5 Å². The minimum Gasteiger partial charge on any atom is -0.469 e. The van der Waals surface area contributed by atoms with E-state index in [1.807, 2.05) is 0 Å². The second-order valence-electron chi connectivity index (χ2n) is 4.98. The van der Waals surface area contributed by atoms with E-state index >= 15 is 0 Å². The third-order valence-electron chi connectivity index (χ3n) is 3.90. The molecule has 4 nitrogen and oxygen atoms in total. The van der Waals surface area contributed by atoms with Gasteiger partial charge in [-0.3, -0.25) is 9.69 Å². The Labute approximate surface area is 103 Å². The SMILES string of the molecule is COC(=O)CCCN1CCO[C@H]2CCCC[C@H]21. The molecule has 2 rings (SSSR count). The molecule has 1 aliphatic carbocycles. The van der Waals surface area contributed by atoms with Crippen molar-refractivity contribution in [3.63, 3.8) is 0 Å². The fourth-order valence-electron chi connectivity index (χ4n) is 2.98. The van der Waals surface area contributed by atoms with Gasteiger partial charge in [0.15, 0.2) is 0 Å². The second-order valence-corrected chi connectivity index (χ2v) is 4.98. The lowest BCUT2D eigenvalue weighted by atomic mass is 9.90. The summed E-state index contributed by atoms with van der Waals surface area (Å²) in [7, 11) is 1.45. The number of nitrogens with zero attached hydrogens (tertiary/aromatic N) is 1. The van der Waals surface area contributed by atoms with Gasteiger partial charge in [0.2, 0.25) is 0 Å². The summed E-state index contributed by atoms with van der Waals surface area (Å²) in [6.45, 7) is 2.86. The Kier molecular flexibility index (Phi) is 4.80. The van der Waals surface area contributed by atoms with Crippen LogP contribution in [0, 0.1) is 0 Å². The average molecular weight is 241 g/mol. The highest BCUT2D eigenvalue weighted by Crippen LogP contribution is 2.28. The van der Waals surface area contributed by atoms with Crippen LogP contribution in [-0.2, 0) is 14.3 Å². The van der Waals surface area contributed by atoms with E-state index in [-0.39, 0.29) is 5.97 Å². The predicted molar refractivity (Wildman–Crippen MR) is 64.8 cm³/mol. The smallest absolute Gasteiger partial charge is 0.305 e. The van der Waals surface area contributed by atoms with Crippen molar-refractivity contribution >= 4 is 5.97 Å². The molecule has 0 aromatic rings. The zero-order valence-corrected chi connectivity index (χ0v) is 10.7. The van der Waals surface area contributed by atoms with Crippen molar-refractivity contribution in [2.24, 2.45) is 0 Å². The Morgan fingerprint density at radius 2 is 2.24 bits per heavy atom. The van der Waals surface area contributed by atoms with Crippen molar-refractivity contribution < 1.29 is 14.3 Å². The molecule has 98 valence electrons. The number of hydrogen-bond donors (Lipinski definition) is 0. The standard InChI is InChI=1S/C13H23NO3/c1-16-13(15)7-4-8-14-9-10-17-12-6-3-2-5-11(12)14/h11-12H,2-10H2,1H3/t11-,12+/m1/s1. The summed E-state index contributed by atoms with van der Waals surface area (Å²) >= 11 is 0. The van der Waals surface area contributed by atoms with Crippen LogP contribution in [0.15, 0.2) is 0 Å². The molecule has 17 heavy (non-hydrogen) atoms. The maximum Gasteiger partial charge on any atom is 0.305 e. The number of ether oxygens (including phenoxy) is 2. The molecule has 0 unspecified atom stereocenters. The molecular formula is C13H23NO3. The van der Waals surface area contributed by atoms with E-state index in [0.29, 0.717) is 18.6 Å². The van der Waals surface area contributed by atoms with Crippen molar-refractivity contribution in [2.75, 3.05) is 26.8 Å². The first-order chi connectivity index (χ1) is 8.31. The third kappa shape index (κ3) is 3.42. The molecule has 2 atom stereocenters. The van der Waals surface area contributed by atoms with E-state index in [1.165, 1.54) is 32.8 Å². The zero-order chi connectivity index (χ0) is 12.1. The third-order valence-corrected chi connectivity index (χ3v) is 3.90. The lowest BCUT2D eigenvalue weighted by Gasteiger charge is -2.43. The van der Waals surface area contributed by atoms with Gasteiger partial charge in [0, 0.05) is 19.0 Å². The van der Waals surface area contributed by atoms with Crippen molar-refractivity contribution in [3.05, 3.63) is 0 Å². The topological polar surface area (TPSA) is 38.8 Å². The van der Waals surface area contributed by atoms with Crippen LogP contribution < -0.4 is 0 Å². The Morgan fingerprint density at radius 3 is 3.06 bits per heavy atom. The largest absolute Gasteiger partial charge is 0.469 e. The van der Waals surface area contributed by atoms with Gasteiger partial charge in [-0.05, 0) is 25.8 Å².